The molecule has 0 radical (unpaired) electrons. The van der Waals surface area contributed by atoms with Crippen LogP contribution in [0.4, 0.5) is 11.8 Å². The molecule has 21 heavy (non-hydrogen) atoms. The van der Waals surface area contributed by atoms with E-state index in [2.05, 4.69) is 25.4 Å². The molecule has 6 nitrogen and oxygen atoms in total. The molecule has 1 aromatic heterocycles. The summed E-state index contributed by atoms with van der Waals surface area (Å²) in [6.45, 7) is 2.77. The molecule has 0 atom stereocenters. The molecule has 2 heterocycles. The van der Waals surface area contributed by atoms with E-state index in [-0.39, 0.29) is 0 Å². The largest absolute Gasteiger partial charge is 0.497 e. The van der Waals surface area contributed by atoms with Crippen LogP contribution < -0.4 is 15.0 Å². The second kappa shape index (κ2) is 6.39. The van der Waals surface area contributed by atoms with E-state index >= 15 is 0 Å². The van der Waals surface area contributed by atoms with E-state index in [9.17, 15) is 0 Å². The number of anilines is 2. The van der Waals surface area contributed by atoms with Gasteiger partial charge in [-0.1, -0.05) is 12.1 Å². The molecular weight excluding hydrogens is 266 g/mol. The Bertz CT molecular complexity index is 581. The van der Waals surface area contributed by atoms with E-state index in [0.717, 1.165) is 30.2 Å². The van der Waals surface area contributed by atoms with Gasteiger partial charge in [0, 0.05) is 19.6 Å². The Hall–Kier alpha value is -2.37. The molecule has 1 aliphatic heterocycles. The van der Waals surface area contributed by atoms with Crippen molar-refractivity contribution in [1.82, 2.24) is 15.2 Å². The van der Waals surface area contributed by atoms with Crippen LogP contribution >= 0.6 is 0 Å². The summed E-state index contributed by atoms with van der Waals surface area (Å²) in [5.41, 5.74) is 1.14. The summed E-state index contributed by atoms with van der Waals surface area (Å²) in [5, 5.41) is 11.3. The van der Waals surface area contributed by atoms with Gasteiger partial charge >= 0.3 is 0 Å². The standard InChI is InChI=1S/C15H19N5O/c1-21-13-6-4-12(5-7-13)10-16-15-18-14(11-17-19-15)20-8-2-3-9-20/h4-7,11H,2-3,8-10H2,1H3,(H,16,18,19). The Morgan fingerprint density at radius 2 is 1.95 bits per heavy atom. The van der Waals surface area contributed by atoms with E-state index in [4.69, 9.17) is 4.74 Å². The summed E-state index contributed by atoms with van der Waals surface area (Å²) in [4.78, 5) is 6.76. The second-order valence-corrected chi connectivity index (χ2v) is 5.03. The molecule has 1 N–H and O–H groups in total. The molecule has 1 fully saturated rings. The average Bonchev–Trinajstić information content (AvgIpc) is 3.08. The number of hydrogen-bond donors (Lipinski definition) is 1. The van der Waals surface area contributed by atoms with E-state index < -0.39 is 0 Å². The zero-order chi connectivity index (χ0) is 14.5. The molecule has 1 saturated heterocycles. The lowest BCUT2D eigenvalue weighted by molar-refractivity contribution is 0.414. The van der Waals surface area contributed by atoms with Crippen LogP contribution in [0.2, 0.25) is 0 Å². The summed E-state index contributed by atoms with van der Waals surface area (Å²) in [7, 11) is 1.66. The van der Waals surface area contributed by atoms with Gasteiger partial charge in [-0.25, -0.2) is 0 Å². The minimum Gasteiger partial charge on any atom is -0.497 e. The highest BCUT2D eigenvalue weighted by Crippen LogP contribution is 2.17. The van der Waals surface area contributed by atoms with Crippen molar-refractivity contribution in [3.8, 4) is 5.75 Å². The van der Waals surface area contributed by atoms with Crippen LogP contribution in [-0.4, -0.2) is 35.4 Å². The maximum atomic E-state index is 5.14. The maximum absolute atomic E-state index is 5.14. The molecule has 0 aliphatic carbocycles. The van der Waals surface area contributed by atoms with Gasteiger partial charge in [0.2, 0.25) is 5.95 Å². The number of ether oxygens (including phenoxy) is 1. The Kier molecular flexibility index (Phi) is 4.14. The fraction of sp³-hybridized carbons (Fsp3) is 0.400. The highest BCUT2D eigenvalue weighted by molar-refractivity contribution is 5.41. The first-order valence-electron chi connectivity index (χ1n) is 7.16. The summed E-state index contributed by atoms with van der Waals surface area (Å²) in [5.74, 6) is 2.32. The van der Waals surface area contributed by atoms with Gasteiger partial charge in [-0.3, -0.25) is 0 Å². The molecule has 0 bridgehead atoms. The predicted octanol–water partition coefficient (Wildman–Crippen LogP) is 2.09. The molecule has 2 aromatic rings. The third kappa shape index (κ3) is 3.39. The minimum atomic E-state index is 0.565. The number of methoxy groups -OCH3 is 1. The second-order valence-electron chi connectivity index (χ2n) is 5.03. The van der Waals surface area contributed by atoms with Crippen molar-refractivity contribution in [3.63, 3.8) is 0 Å². The fourth-order valence-corrected chi connectivity index (χ4v) is 2.39. The van der Waals surface area contributed by atoms with Crippen LogP contribution in [0.15, 0.2) is 30.5 Å². The number of rotatable bonds is 5. The van der Waals surface area contributed by atoms with E-state index in [0.29, 0.717) is 12.5 Å². The van der Waals surface area contributed by atoms with Gasteiger partial charge in [-0.2, -0.15) is 10.1 Å². The molecule has 3 rings (SSSR count). The Morgan fingerprint density at radius 1 is 1.19 bits per heavy atom. The lowest BCUT2D eigenvalue weighted by atomic mass is 10.2. The number of hydrogen-bond acceptors (Lipinski definition) is 6. The van der Waals surface area contributed by atoms with Gasteiger partial charge in [-0.15, -0.1) is 5.10 Å². The number of aromatic nitrogens is 3. The van der Waals surface area contributed by atoms with Crippen molar-refractivity contribution in [1.29, 1.82) is 0 Å². The molecule has 1 aliphatic rings. The SMILES string of the molecule is COc1ccc(CNc2nncc(N3CCCC3)n2)cc1. The lowest BCUT2D eigenvalue weighted by Gasteiger charge is -2.15. The van der Waals surface area contributed by atoms with Crippen LogP contribution in [0.25, 0.3) is 0 Å². The summed E-state index contributed by atoms with van der Waals surface area (Å²) < 4.78 is 5.14. The number of nitrogens with zero attached hydrogens (tertiary/aromatic N) is 4. The number of benzene rings is 1. The van der Waals surface area contributed by atoms with Crippen LogP contribution in [0, 0.1) is 0 Å². The lowest BCUT2D eigenvalue weighted by Crippen LogP contribution is -2.20. The van der Waals surface area contributed by atoms with Gasteiger partial charge in [0.15, 0.2) is 5.82 Å². The third-order valence-electron chi connectivity index (χ3n) is 3.59. The highest BCUT2D eigenvalue weighted by atomic mass is 16.5. The molecule has 1 aromatic carbocycles. The van der Waals surface area contributed by atoms with Crippen molar-refractivity contribution in [2.75, 3.05) is 30.4 Å². The van der Waals surface area contributed by atoms with Crippen LogP contribution in [-0.2, 0) is 6.54 Å². The van der Waals surface area contributed by atoms with Gasteiger partial charge in [0.1, 0.15) is 5.75 Å². The van der Waals surface area contributed by atoms with Crippen molar-refractivity contribution in [2.45, 2.75) is 19.4 Å². The fourth-order valence-electron chi connectivity index (χ4n) is 2.39. The monoisotopic (exact) mass is 285 g/mol. The van der Waals surface area contributed by atoms with E-state index in [1.54, 1.807) is 13.3 Å². The van der Waals surface area contributed by atoms with Crippen molar-refractivity contribution >= 4 is 11.8 Å². The van der Waals surface area contributed by atoms with Gasteiger partial charge in [0.05, 0.1) is 13.3 Å². The van der Waals surface area contributed by atoms with Gasteiger partial charge < -0.3 is 15.0 Å². The Morgan fingerprint density at radius 3 is 2.67 bits per heavy atom. The zero-order valence-corrected chi connectivity index (χ0v) is 12.1. The van der Waals surface area contributed by atoms with Gasteiger partial charge in [-0.05, 0) is 30.5 Å². The first-order chi connectivity index (χ1) is 10.3. The normalized spacial score (nSPS) is 14.2. The van der Waals surface area contributed by atoms with Crippen molar-refractivity contribution in [3.05, 3.63) is 36.0 Å². The maximum Gasteiger partial charge on any atom is 0.244 e. The van der Waals surface area contributed by atoms with Crippen molar-refractivity contribution in [2.24, 2.45) is 0 Å². The first-order valence-corrected chi connectivity index (χ1v) is 7.16. The Labute approximate surface area is 124 Å². The molecule has 6 heteroatoms. The van der Waals surface area contributed by atoms with Gasteiger partial charge in [0.25, 0.3) is 0 Å². The minimum absolute atomic E-state index is 0.565. The van der Waals surface area contributed by atoms with Crippen LogP contribution in [0.3, 0.4) is 0 Å². The average molecular weight is 285 g/mol. The zero-order valence-electron chi connectivity index (χ0n) is 12.1. The molecular formula is C15H19N5O. The summed E-state index contributed by atoms with van der Waals surface area (Å²) in [6, 6.07) is 7.92. The summed E-state index contributed by atoms with van der Waals surface area (Å²) in [6.07, 6.45) is 4.17. The molecule has 110 valence electrons. The smallest absolute Gasteiger partial charge is 0.244 e. The van der Waals surface area contributed by atoms with Crippen LogP contribution in [0.1, 0.15) is 18.4 Å². The molecule has 0 unspecified atom stereocenters. The van der Waals surface area contributed by atoms with E-state index in [1.165, 1.54) is 12.8 Å². The van der Waals surface area contributed by atoms with Crippen LogP contribution in [0.5, 0.6) is 5.75 Å². The quantitative estimate of drug-likeness (QED) is 0.907. The summed E-state index contributed by atoms with van der Waals surface area (Å²) >= 11 is 0. The van der Waals surface area contributed by atoms with E-state index in [1.807, 2.05) is 24.3 Å². The Balaban J connectivity index is 1.62. The molecule has 0 spiro atoms. The number of nitrogens with one attached hydrogen (secondary N) is 1. The highest BCUT2D eigenvalue weighted by Gasteiger charge is 2.14. The first kappa shape index (κ1) is 13.6. The molecule has 0 amide bonds. The third-order valence-corrected chi connectivity index (χ3v) is 3.59. The topological polar surface area (TPSA) is 63.2 Å². The molecule has 0 saturated carbocycles. The van der Waals surface area contributed by atoms with Crippen molar-refractivity contribution < 1.29 is 4.74 Å². The predicted molar refractivity (Wildman–Crippen MR) is 81.6 cm³/mol.